The molecule has 0 atom stereocenters. The molecule has 1 rings (SSSR count). The zero-order valence-corrected chi connectivity index (χ0v) is 13.3. The van der Waals surface area contributed by atoms with E-state index in [4.69, 9.17) is 14.6 Å². The number of sulfonamides is 1. The van der Waals surface area contributed by atoms with Gasteiger partial charge in [0.15, 0.2) is 0 Å². The Kier molecular flexibility index (Phi) is 6.17. The van der Waals surface area contributed by atoms with Gasteiger partial charge in [-0.2, -0.15) is 0 Å². The number of ether oxygens (including phenoxy) is 2. The van der Waals surface area contributed by atoms with Crippen LogP contribution in [0.25, 0.3) is 0 Å². The maximum atomic E-state index is 11.9. The molecule has 0 saturated heterocycles. The molecule has 0 bridgehead atoms. The van der Waals surface area contributed by atoms with Crippen LogP contribution in [0.1, 0.15) is 37.6 Å². The topological polar surface area (TPSA) is 95.7 Å². The summed E-state index contributed by atoms with van der Waals surface area (Å²) in [5, 5.41) is 5.14. The van der Waals surface area contributed by atoms with Crippen molar-refractivity contribution in [3.05, 3.63) is 23.8 Å². The monoisotopic (exact) mass is 315 g/mol. The highest BCUT2D eigenvalue weighted by Crippen LogP contribution is 2.24. The SMILES string of the molecule is CCOc1ccc(C(=O)OCCC(C)C)cc1S(N)(=O)=O. The minimum atomic E-state index is -3.98. The van der Waals surface area contributed by atoms with E-state index in [2.05, 4.69) is 0 Å². The molecule has 0 unspecified atom stereocenters. The van der Waals surface area contributed by atoms with Gasteiger partial charge >= 0.3 is 5.97 Å². The third-order valence-corrected chi connectivity index (χ3v) is 3.65. The molecule has 1 aromatic rings. The number of primary sulfonamides is 1. The maximum Gasteiger partial charge on any atom is 0.338 e. The zero-order chi connectivity index (χ0) is 16.0. The van der Waals surface area contributed by atoms with E-state index >= 15 is 0 Å². The Balaban J connectivity index is 2.97. The van der Waals surface area contributed by atoms with Crippen LogP contribution in [-0.4, -0.2) is 27.6 Å². The number of carbonyl (C=O) groups excluding carboxylic acids is 1. The molecule has 0 amide bonds. The van der Waals surface area contributed by atoms with Gasteiger partial charge in [-0.3, -0.25) is 0 Å². The lowest BCUT2D eigenvalue weighted by atomic mass is 10.1. The van der Waals surface area contributed by atoms with Gasteiger partial charge in [-0.1, -0.05) is 13.8 Å². The summed E-state index contributed by atoms with van der Waals surface area (Å²) >= 11 is 0. The molecule has 6 nitrogen and oxygen atoms in total. The van der Waals surface area contributed by atoms with Crippen molar-refractivity contribution in [1.82, 2.24) is 0 Å². The number of rotatable bonds is 7. The van der Waals surface area contributed by atoms with Crippen LogP contribution in [0.15, 0.2) is 23.1 Å². The van der Waals surface area contributed by atoms with E-state index in [0.717, 1.165) is 6.42 Å². The maximum absolute atomic E-state index is 11.9. The Morgan fingerprint density at radius 2 is 2.00 bits per heavy atom. The largest absolute Gasteiger partial charge is 0.492 e. The minimum absolute atomic E-state index is 0.124. The minimum Gasteiger partial charge on any atom is -0.492 e. The highest BCUT2D eigenvalue weighted by atomic mass is 32.2. The molecule has 0 heterocycles. The van der Waals surface area contributed by atoms with Crippen molar-refractivity contribution >= 4 is 16.0 Å². The molecular weight excluding hydrogens is 294 g/mol. The highest BCUT2D eigenvalue weighted by Gasteiger charge is 2.19. The second-order valence-electron chi connectivity index (χ2n) is 4.96. The lowest BCUT2D eigenvalue weighted by Crippen LogP contribution is -2.16. The van der Waals surface area contributed by atoms with Crippen LogP contribution in [0, 0.1) is 5.92 Å². The molecule has 0 aromatic heterocycles. The lowest BCUT2D eigenvalue weighted by molar-refractivity contribution is 0.0487. The summed E-state index contributed by atoms with van der Waals surface area (Å²) in [5.41, 5.74) is 0.131. The molecule has 0 fully saturated rings. The summed E-state index contributed by atoms with van der Waals surface area (Å²) in [5.74, 6) is -0.0413. The molecule has 0 aliphatic rings. The van der Waals surface area contributed by atoms with Crippen molar-refractivity contribution < 1.29 is 22.7 Å². The average Bonchev–Trinajstić information content (AvgIpc) is 2.37. The highest BCUT2D eigenvalue weighted by molar-refractivity contribution is 7.89. The Hall–Kier alpha value is -1.60. The van der Waals surface area contributed by atoms with Gasteiger partial charge in [0.05, 0.1) is 18.8 Å². The van der Waals surface area contributed by atoms with Gasteiger partial charge < -0.3 is 9.47 Å². The van der Waals surface area contributed by atoms with E-state index in [9.17, 15) is 13.2 Å². The van der Waals surface area contributed by atoms with Gasteiger partial charge in [0.2, 0.25) is 10.0 Å². The van der Waals surface area contributed by atoms with Crippen molar-refractivity contribution in [2.75, 3.05) is 13.2 Å². The molecule has 0 spiro atoms. The van der Waals surface area contributed by atoms with Gasteiger partial charge in [-0.05, 0) is 37.5 Å². The fourth-order valence-electron chi connectivity index (χ4n) is 1.60. The van der Waals surface area contributed by atoms with Crippen LogP contribution < -0.4 is 9.88 Å². The Bertz CT molecular complexity index is 595. The van der Waals surface area contributed by atoms with E-state index in [0.29, 0.717) is 12.5 Å². The lowest BCUT2D eigenvalue weighted by Gasteiger charge is -2.11. The molecule has 2 N–H and O–H groups in total. The summed E-state index contributed by atoms with van der Waals surface area (Å²) in [7, 11) is -3.98. The third-order valence-electron chi connectivity index (χ3n) is 2.71. The Morgan fingerprint density at radius 1 is 1.33 bits per heavy atom. The van der Waals surface area contributed by atoms with E-state index in [1.807, 2.05) is 13.8 Å². The summed E-state index contributed by atoms with van der Waals surface area (Å²) in [6, 6.07) is 4.04. The van der Waals surface area contributed by atoms with Gasteiger partial charge in [0.25, 0.3) is 0 Å². The third kappa shape index (κ3) is 5.35. The normalized spacial score (nSPS) is 11.5. The molecule has 118 valence electrons. The summed E-state index contributed by atoms with van der Waals surface area (Å²) in [6.07, 6.45) is 0.741. The zero-order valence-electron chi connectivity index (χ0n) is 12.5. The quantitative estimate of drug-likeness (QED) is 0.776. The first-order chi connectivity index (χ1) is 9.75. The van der Waals surface area contributed by atoms with Crippen molar-refractivity contribution in [1.29, 1.82) is 0 Å². The van der Waals surface area contributed by atoms with Crippen molar-refractivity contribution in [2.45, 2.75) is 32.1 Å². The molecule has 21 heavy (non-hydrogen) atoms. The summed E-state index contributed by atoms with van der Waals surface area (Å²) < 4.78 is 33.4. The van der Waals surface area contributed by atoms with E-state index < -0.39 is 16.0 Å². The van der Waals surface area contributed by atoms with Crippen LogP contribution in [0.5, 0.6) is 5.75 Å². The van der Waals surface area contributed by atoms with Crippen molar-refractivity contribution in [3.63, 3.8) is 0 Å². The Morgan fingerprint density at radius 3 is 2.52 bits per heavy atom. The van der Waals surface area contributed by atoms with Gasteiger partial charge in [0, 0.05) is 0 Å². The second-order valence-corrected chi connectivity index (χ2v) is 6.49. The molecular formula is C14H21NO5S. The average molecular weight is 315 g/mol. The molecule has 0 aliphatic carbocycles. The van der Waals surface area contributed by atoms with Crippen LogP contribution >= 0.6 is 0 Å². The number of benzene rings is 1. The predicted octanol–water partition coefficient (Wildman–Crippen LogP) is 1.94. The molecule has 0 radical (unpaired) electrons. The molecule has 1 aromatic carbocycles. The van der Waals surface area contributed by atoms with E-state index in [1.54, 1.807) is 6.92 Å². The second kappa shape index (κ2) is 7.42. The summed E-state index contributed by atoms with van der Waals surface area (Å²) in [4.78, 5) is 11.7. The number of hydrogen-bond acceptors (Lipinski definition) is 5. The fraction of sp³-hybridized carbons (Fsp3) is 0.500. The first-order valence-electron chi connectivity index (χ1n) is 6.72. The van der Waals surface area contributed by atoms with Crippen molar-refractivity contribution in [3.8, 4) is 5.75 Å². The van der Waals surface area contributed by atoms with Crippen LogP contribution in [0.4, 0.5) is 0 Å². The number of nitrogens with two attached hydrogens (primary N) is 1. The fourth-order valence-corrected chi connectivity index (χ4v) is 2.30. The van der Waals surface area contributed by atoms with Crippen LogP contribution in [0.2, 0.25) is 0 Å². The van der Waals surface area contributed by atoms with Crippen LogP contribution in [0.3, 0.4) is 0 Å². The smallest absolute Gasteiger partial charge is 0.338 e. The number of hydrogen-bond donors (Lipinski definition) is 1. The van der Waals surface area contributed by atoms with Crippen LogP contribution in [-0.2, 0) is 14.8 Å². The Labute approximate surface area is 125 Å². The van der Waals surface area contributed by atoms with E-state index in [-0.39, 0.29) is 22.8 Å². The number of esters is 1. The van der Waals surface area contributed by atoms with Gasteiger partial charge in [-0.15, -0.1) is 0 Å². The summed E-state index contributed by atoms with van der Waals surface area (Å²) in [6.45, 7) is 6.34. The molecule has 7 heteroatoms. The standard InChI is InChI=1S/C14H21NO5S/c1-4-19-12-6-5-11(9-13(12)21(15,17)18)14(16)20-8-7-10(2)3/h5-6,9-10H,4,7-8H2,1-3H3,(H2,15,17,18). The van der Waals surface area contributed by atoms with Gasteiger partial charge in [-0.25, -0.2) is 18.4 Å². The molecule has 0 saturated carbocycles. The van der Waals surface area contributed by atoms with E-state index in [1.165, 1.54) is 18.2 Å². The first-order valence-corrected chi connectivity index (χ1v) is 8.27. The predicted molar refractivity (Wildman–Crippen MR) is 78.7 cm³/mol. The van der Waals surface area contributed by atoms with Gasteiger partial charge in [0.1, 0.15) is 10.6 Å². The first kappa shape index (κ1) is 17.5. The number of carbonyl (C=O) groups is 1. The molecule has 0 aliphatic heterocycles. The van der Waals surface area contributed by atoms with Crippen molar-refractivity contribution in [2.24, 2.45) is 11.1 Å².